The molecule has 1 atom stereocenters. The van der Waals surface area contributed by atoms with E-state index < -0.39 is 10.8 Å². The highest BCUT2D eigenvalue weighted by Crippen LogP contribution is 2.36. The first kappa shape index (κ1) is 23.3. The normalized spacial score (nSPS) is 14.6. The second-order valence-electron chi connectivity index (χ2n) is 7.93. The van der Waals surface area contributed by atoms with Crippen LogP contribution in [0, 0.1) is 0 Å². The molecule has 5 nitrogen and oxygen atoms in total. The maximum absolute atomic E-state index is 13.7. The van der Waals surface area contributed by atoms with Crippen molar-refractivity contribution in [2.45, 2.75) is 16.3 Å². The lowest BCUT2D eigenvalue weighted by molar-refractivity contribution is 0.0979. The molecule has 0 saturated carbocycles. The Kier molecular flexibility index (Phi) is 6.43. The molecule has 0 saturated heterocycles. The van der Waals surface area contributed by atoms with Crippen molar-refractivity contribution < 1.29 is 13.8 Å². The van der Waals surface area contributed by atoms with Gasteiger partial charge in [0, 0.05) is 21.3 Å². The molecule has 0 aromatic heterocycles. The van der Waals surface area contributed by atoms with Crippen LogP contribution in [0.2, 0.25) is 10.0 Å². The third kappa shape index (κ3) is 4.73. The van der Waals surface area contributed by atoms with Gasteiger partial charge in [-0.3, -0.25) is 9.59 Å². The number of nitrogens with one attached hydrogen (secondary N) is 1. The number of benzene rings is 4. The largest absolute Gasteiger partial charge is 0.322 e. The first-order chi connectivity index (χ1) is 16.9. The van der Waals surface area contributed by atoms with E-state index in [4.69, 9.17) is 23.2 Å². The van der Waals surface area contributed by atoms with Gasteiger partial charge in [0.05, 0.1) is 38.4 Å². The van der Waals surface area contributed by atoms with Crippen LogP contribution >= 0.6 is 23.2 Å². The van der Waals surface area contributed by atoms with Gasteiger partial charge in [-0.1, -0.05) is 47.5 Å². The standard InChI is InChI=1S/C27H18Cl2N2O3S/c28-19-9-11-21(12-10-19)30-26(32)18-8-13-25-23(15-18)31(16-17-4-3-5-20(29)14-17)27(33)22-6-1-2-7-24(22)35(25)34/h1-15H,16H2,(H,30,32). The van der Waals surface area contributed by atoms with Gasteiger partial charge in [-0.15, -0.1) is 0 Å². The van der Waals surface area contributed by atoms with Gasteiger partial charge >= 0.3 is 0 Å². The number of anilines is 2. The smallest absolute Gasteiger partial charge is 0.259 e. The molecule has 0 radical (unpaired) electrons. The van der Waals surface area contributed by atoms with Crippen molar-refractivity contribution in [1.82, 2.24) is 0 Å². The van der Waals surface area contributed by atoms with Gasteiger partial charge in [-0.25, -0.2) is 4.21 Å². The molecule has 1 N–H and O–H groups in total. The molecule has 0 aliphatic carbocycles. The molecular weight excluding hydrogens is 503 g/mol. The number of carbonyl (C=O) groups is 2. The van der Waals surface area contributed by atoms with Crippen LogP contribution in [0.15, 0.2) is 101 Å². The summed E-state index contributed by atoms with van der Waals surface area (Å²) < 4.78 is 13.5. The summed E-state index contributed by atoms with van der Waals surface area (Å²) in [5, 5.41) is 3.93. The Balaban J connectivity index is 1.59. The molecular formula is C27H18Cl2N2O3S. The van der Waals surface area contributed by atoms with Crippen molar-refractivity contribution in [3.63, 3.8) is 0 Å². The summed E-state index contributed by atoms with van der Waals surface area (Å²) in [4.78, 5) is 29.1. The third-order valence-electron chi connectivity index (χ3n) is 5.61. The molecule has 1 aliphatic rings. The molecule has 174 valence electrons. The first-order valence-corrected chi connectivity index (χ1v) is 12.6. The summed E-state index contributed by atoms with van der Waals surface area (Å²) in [6.07, 6.45) is 0. The maximum Gasteiger partial charge on any atom is 0.259 e. The van der Waals surface area contributed by atoms with Crippen LogP contribution in [0.1, 0.15) is 26.3 Å². The fraction of sp³-hybridized carbons (Fsp3) is 0.0370. The molecule has 5 rings (SSSR count). The van der Waals surface area contributed by atoms with Crippen LogP contribution in [-0.4, -0.2) is 16.0 Å². The maximum atomic E-state index is 13.7. The number of carbonyl (C=O) groups excluding carboxylic acids is 2. The fourth-order valence-electron chi connectivity index (χ4n) is 3.92. The zero-order chi connectivity index (χ0) is 24.5. The predicted molar refractivity (Wildman–Crippen MR) is 139 cm³/mol. The lowest BCUT2D eigenvalue weighted by atomic mass is 10.1. The summed E-state index contributed by atoms with van der Waals surface area (Å²) in [5.74, 6) is -0.666. The molecule has 35 heavy (non-hydrogen) atoms. The highest BCUT2D eigenvalue weighted by atomic mass is 35.5. The molecule has 4 aromatic carbocycles. The van der Waals surface area contributed by atoms with Crippen molar-refractivity contribution in [3.05, 3.63) is 118 Å². The molecule has 1 heterocycles. The van der Waals surface area contributed by atoms with E-state index in [-0.39, 0.29) is 18.4 Å². The van der Waals surface area contributed by atoms with E-state index >= 15 is 0 Å². The van der Waals surface area contributed by atoms with Crippen molar-refractivity contribution in [2.24, 2.45) is 0 Å². The summed E-state index contributed by atoms with van der Waals surface area (Å²) in [6.45, 7) is 0.195. The Morgan fingerprint density at radius 2 is 1.60 bits per heavy atom. The number of halogens is 2. The Morgan fingerprint density at radius 3 is 2.37 bits per heavy atom. The second-order valence-corrected chi connectivity index (χ2v) is 10.2. The lowest BCUT2D eigenvalue weighted by Crippen LogP contribution is -2.30. The minimum atomic E-state index is -1.61. The summed E-state index contributed by atoms with van der Waals surface area (Å²) in [6, 6.07) is 25.7. The van der Waals surface area contributed by atoms with Crippen LogP contribution in [0.4, 0.5) is 11.4 Å². The van der Waals surface area contributed by atoms with Crippen LogP contribution < -0.4 is 10.2 Å². The Hall–Kier alpha value is -3.45. The van der Waals surface area contributed by atoms with Gasteiger partial charge in [0.1, 0.15) is 0 Å². The third-order valence-corrected chi connectivity index (χ3v) is 7.59. The quantitative estimate of drug-likeness (QED) is 0.330. The van der Waals surface area contributed by atoms with E-state index in [2.05, 4.69) is 5.32 Å². The topological polar surface area (TPSA) is 66.5 Å². The highest BCUT2D eigenvalue weighted by molar-refractivity contribution is 7.85. The zero-order valence-corrected chi connectivity index (χ0v) is 20.5. The van der Waals surface area contributed by atoms with Crippen LogP contribution in [0.25, 0.3) is 0 Å². The fourth-order valence-corrected chi connectivity index (χ4v) is 5.60. The van der Waals surface area contributed by atoms with Crippen LogP contribution in [-0.2, 0) is 17.3 Å². The first-order valence-electron chi connectivity index (χ1n) is 10.7. The van der Waals surface area contributed by atoms with Gasteiger partial charge in [0.25, 0.3) is 11.8 Å². The average Bonchev–Trinajstić information content (AvgIpc) is 2.95. The Morgan fingerprint density at radius 1 is 0.829 bits per heavy atom. The molecule has 0 bridgehead atoms. The van der Waals surface area contributed by atoms with Gasteiger partial charge in [-0.05, 0) is 72.3 Å². The molecule has 1 unspecified atom stereocenters. The molecule has 4 aromatic rings. The lowest BCUT2D eigenvalue weighted by Gasteiger charge is -2.23. The van der Waals surface area contributed by atoms with Gasteiger partial charge in [-0.2, -0.15) is 0 Å². The number of rotatable bonds is 4. The molecule has 0 fully saturated rings. The average molecular weight is 521 g/mol. The van der Waals surface area contributed by atoms with Crippen molar-refractivity contribution in [3.8, 4) is 0 Å². The van der Waals surface area contributed by atoms with Crippen LogP contribution in [0.5, 0.6) is 0 Å². The number of hydrogen-bond acceptors (Lipinski definition) is 3. The minimum Gasteiger partial charge on any atom is -0.322 e. The summed E-state index contributed by atoms with van der Waals surface area (Å²) >= 11 is 12.1. The van der Waals surface area contributed by atoms with Gasteiger partial charge in [0.15, 0.2) is 0 Å². The number of hydrogen-bond donors (Lipinski definition) is 1. The van der Waals surface area contributed by atoms with Crippen molar-refractivity contribution in [2.75, 3.05) is 10.2 Å². The SMILES string of the molecule is O=C(Nc1ccc(Cl)cc1)c1ccc2c(c1)N(Cc1cccc(Cl)c1)C(=O)c1ccccc1S2=O. The monoisotopic (exact) mass is 520 g/mol. The molecule has 1 aliphatic heterocycles. The van der Waals surface area contributed by atoms with Crippen LogP contribution in [0.3, 0.4) is 0 Å². The van der Waals surface area contributed by atoms with E-state index in [1.54, 1.807) is 83.8 Å². The van der Waals surface area contributed by atoms with E-state index in [9.17, 15) is 13.8 Å². The number of amides is 2. The minimum absolute atomic E-state index is 0.195. The van der Waals surface area contributed by atoms with Gasteiger partial charge in [0.2, 0.25) is 0 Å². The summed E-state index contributed by atoms with van der Waals surface area (Å²) in [7, 11) is -1.61. The molecule has 8 heteroatoms. The van der Waals surface area contributed by atoms with Gasteiger partial charge < -0.3 is 10.2 Å². The van der Waals surface area contributed by atoms with E-state index in [1.165, 1.54) is 0 Å². The summed E-state index contributed by atoms with van der Waals surface area (Å²) in [5.41, 5.74) is 2.48. The zero-order valence-electron chi connectivity index (χ0n) is 18.2. The number of nitrogens with zero attached hydrogens (tertiary/aromatic N) is 1. The van der Waals surface area contributed by atoms with E-state index in [1.807, 2.05) is 12.1 Å². The number of fused-ring (bicyclic) bond motifs is 2. The van der Waals surface area contributed by atoms with Crippen molar-refractivity contribution in [1.29, 1.82) is 0 Å². The molecule has 2 amide bonds. The second kappa shape index (κ2) is 9.66. The van der Waals surface area contributed by atoms with E-state index in [0.29, 0.717) is 42.3 Å². The highest BCUT2D eigenvalue weighted by Gasteiger charge is 2.31. The molecule has 0 spiro atoms. The van der Waals surface area contributed by atoms with Crippen molar-refractivity contribution >= 4 is 57.2 Å². The Labute approximate surface area is 214 Å². The van der Waals surface area contributed by atoms with E-state index in [0.717, 1.165) is 5.56 Å². The predicted octanol–water partition coefficient (Wildman–Crippen LogP) is 6.57. The Bertz CT molecular complexity index is 1490.